The average Bonchev–Trinajstić information content (AvgIpc) is 3.07. The quantitative estimate of drug-likeness (QED) is 0.789. The number of halogens is 2. The highest BCUT2D eigenvalue weighted by molar-refractivity contribution is 7.90. The molecule has 2 aliphatic rings. The Bertz CT molecular complexity index is 625. The molecular formula is C10H8ClFN2O2S. The van der Waals surface area contributed by atoms with Gasteiger partial charge in [0.2, 0.25) is 0 Å². The monoisotopic (exact) mass is 274 g/mol. The second-order valence-corrected chi connectivity index (χ2v) is 6.02. The smallest absolute Gasteiger partial charge is 0.285 e. The SMILES string of the molecule is O=S1(=O)N=CN(C2CC2)c2c1ccc(F)c2Cl. The standard InChI is InChI=1S/C10H8ClFN2O2S/c11-9-7(12)3-4-8-10(9)14(6-1-2-6)5-13-17(8,15)16/h3-6H,1-2H2. The van der Waals surface area contributed by atoms with Crippen molar-refractivity contribution in [3.63, 3.8) is 0 Å². The molecule has 4 nitrogen and oxygen atoms in total. The van der Waals surface area contributed by atoms with Gasteiger partial charge in [-0.05, 0) is 25.0 Å². The summed E-state index contributed by atoms with van der Waals surface area (Å²) in [5.41, 5.74) is 0.212. The lowest BCUT2D eigenvalue weighted by atomic mass is 10.2. The number of anilines is 1. The zero-order chi connectivity index (χ0) is 12.2. The van der Waals surface area contributed by atoms with Crippen LogP contribution in [0.3, 0.4) is 0 Å². The van der Waals surface area contributed by atoms with Gasteiger partial charge in [0.05, 0.1) is 5.69 Å². The van der Waals surface area contributed by atoms with Crippen LogP contribution in [-0.2, 0) is 10.0 Å². The van der Waals surface area contributed by atoms with Crippen molar-refractivity contribution in [2.24, 2.45) is 4.40 Å². The minimum atomic E-state index is -3.74. The average molecular weight is 275 g/mol. The second kappa shape index (κ2) is 3.43. The number of benzene rings is 1. The third-order valence-electron chi connectivity index (χ3n) is 2.82. The maximum absolute atomic E-state index is 13.4. The molecular weight excluding hydrogens is 267 g/mol. The van der Waals surface area contributed by atoms with Crippen molar-refractivity contribution in [3.05, 3.63) is 23.0 Å². The first-order valence-electron chi connectivity index (χ1n) is 5.07. The highest BCUT2D eigenvalue weighted by Crippen LogP contribution is 2.42. The van der Waals surface area contributed by atoms with Gasteiger partial charge in [0.25, 0.3) is 10.0 Å². The molecule has 0 N–H and O–H groups in total. The molecule has 0 bridgehead atoms. The Labute approximate surface area is 103 Å². The largest absolute Gasteiger partial charge is 0.326 e. The summed E-state index contributed by atoms with van der Waals surface area (Å²) in [5, 5.41) is -0.163. The van der Waals surface area contributed by atoms with Crippen LogP contribution in [0.15, 0.2) is 21.4 Å². The zero-order valence-electron chi connectivity index (χ0n) is 8.60. The molecule has 0 unspecified atom stereocenters. The lowest BCUT2D eigenvalue weighted by Gasteiger charge is -2.26. The summed E-state index contributed by atoms with van der Waals surface area (Å²) in [6.07, 6.45) is 3.08. The van der Waals surface area contributed by atoms with Crippen LogP contribution >= 0.6 is 11.6 Å². The van der Waals surface area contributed by atoms with E-state index >= 15 is 0 Å². The molecule has 7 heteroatoms. The molecule has 3 rings (SSSR count). The Balaban J connectivity index is 2.29. The van der Waals surface area contributed by atoms with E-state index in [0.717, 1.165) is 18.9 Å². The maximum Gasteiger partial charge on any atom is 0.285 e. The van der Waals surface area contributed by atoms with Crippen LogP contribution in [0.4, 0.5) is 10.1 Å². The molecule has 0 spiro atoms. The van der Waals surface area contributed by atoms with Gasteiger partial charge < -0.3 is 4.90 Å². The lowest BCUT2D eigenvalue weighted by molar-refractivity contribution is 0.595. The first-order valence-corrected chi connectivity index (χ1v) is 6.89. The van der Waals surface area contributed by atoms with Crippen LogP contribution in [0.1, 0.15) is 12.8 Å². The van der Waals surface area contributed by atoms with Gasteiger partial charge in [-0.2, -0.15) is 8.42 Å². The molecule has 1 heterocycles. The molecule has 0 amide bonds. The Hall–Kier alpha value is -1.14. The molecule has 90 valence electrons. The van der Waals surface area contributed by atoms with Gasteiger partial charge >= 0.3 is 0 Å². The summed E-state index contributed by atoms with van der Waals surface area (Å²) in [4.78, 5) is 1.61. The fourth-order valence-electron chi connectivity index (χ4n) is 1.83. The van der Waals surface area contributed by atoms with E-state index in [-0.39, 0.29) is 21.6 Å². The number of hydrogen-bond donors (Lipinski definition) is 0. The summed E-state index contributed by atoms with van der Waals surface area (Å²) < 4.78 is 40.4. The molecule has 0 atom stereocenters. The van der Waals surface area contributed by atoms with E-state index in [4.69, 9.17) is 11.6 Å². The van der Waals surface area contributed by atoms with Crippen LogP contribution in [0.2, 0.25) is 5.02 Å². The lowest BCUT2D eigenvalue weighted by Crippen LogP contribution is -2.29. The predicted octanol–water partition coefficient (Wildman–Crippen LogP) is 2.18. The first kappa shape index (κ1) is 11.0. The van der Waals surface area contributed by atoms with E-state index in [1.165, 1.54) is 12.4 Å². The number of rotatable bonds is 1. The minimum absolute atomic E-state index is 0.0294. The van der Waals surface area contributed by atoms with Crippen LogP contribution < -0.4 is 4.90 Å². The Kier molecular flexibility index (Phi) is 2.21. The van der Waals surface area contributed by atoms with Gasteiger partial charge in [0.1, 0.15) is 22.1 Å². The highest BCUT2D eigenvalue weighted by atomic mass is 35.5. The van der Waals surface area contributed by atoms with Gasteiger partial charge in [0.15, 0.2) is 0 Å². The summed E-state index contributed by atoms with van der Waals surface area (Å²) in [7, 11) is -3.74. The molecule has 1 aliphatic carbocycles. The van der Waals surface area contributed by atoms with Gasteiger partial charge in [-0.25, -0.2) is 4.39 Å². The molecule has 0 saturated heterocycles. The normalized spacial score (nSPS) is 21.4. The van der Waals surface area contributed by atoms with E-state index < -0.39 is 15.8 Å². The molecule has 1 saturated carbocycles. The summed E-state index contributed by atoms with van der Waals surface area (Å²) in [6, 6.07) is 2.43. The Morgan fingerprint density at radius 1 is 1.41 bits per heavy atom. The van der Waals surface area contributed by atoms with Crippen LogP contribution in [0.5, 0.6) is 0 Å². The topological polar surface area (TPSA) is 49.7 Å². The molecule has 1 aromatic rings. The Morgan fingerprint density at radius 2 is 2.12 bits per heavy atom. The van der Waals surface area contributed by atoms with E-state index in [9.17, 15) is 12.8 Å². The van der Waals surface area contributed by atoms with Crippen molar-refractivity contribution in [2.45, 2.75) is 23.8 Å². The summed E-state index contributed by atoms with van der Waals surface area (Å²) in [5.74, 6) is -0.624. The number of fused-ring (bicyclic) bond motifs is 1. The van der Waals surface area contributed by atoms with E-state index in [1.54, 1.807) is 4.90 Å². The highest BCUT2D eigenvalue weighted by Gasteiger charge is 2.37. The van der Waals surface area contributed by atoms with E-state index in [1.807, 2.05) is 0 Å². The number of sulfonamides is 1. The maximum atomic E-state index is 13.4. The van der Waals surface area contributed by atoms with Crippen molar-refractivity contribution in [3.8, 4) is 0 Å². The van der Waals surface area contributed by atoms with E-state index in [2.05, 4.69) is 4.40 Å². The van der Waals surface area contributed by atoms with Crippen LogP contribution in [0, 0.1) is 5.82 Å². The molecule has 1 fully saturated rings. The fraction of sp³-hybridized carbons (Fsp3) is 0.300. The number of hydrogen-bond acceptors (Lipinski definition) is 3. The number of nitrogens with zero attached hydrogens (tertiary/aromatic N) is 2. The van der Waals surface area contributed by atoms with Crippen LogP contribution in [0.25, 0.3) is 0 Å². The predicted molar refractivity (Wildman–Crippen MR) is 62.6 cm³/mol. The van der Waals surface area contributed by atoms with Crippen molar-refractivity contribution in [2.75, 3.05) is 4.90 Å². The minimum Gasteiger partial charge on any atom is -0.326 e. The third kappa shape index (κ3) is 1.63. The van der Waals surface area contributed by atoms with Gasteiger partial charge in [0, 0.05) is 6.04 Å². The first-order chi connectivity index (χ1) is 8.00. The second-order valence-electron chi connectivity index (χ2n) is 4.04. The zero-order valence-corrected chi connectivity index (χ0v) is 10.2. The molecule has 1 aromatic carbocycles. The third-order valence-corrected chi connectivity index (χ3v) is 4.44. The van der Waals surface area contributed by atoms with Crippen molar-refractivity contribution in [1.29, 1.82) is 0 Å². The van der Waals surface area contributed by atoms with Gasteiger partial charge in [-0.1, -0.05) is 11.6 Å². The fourth-order valence-corrected chi connectivity index (χ4v) is 3.18. The Morgan fingerprint density at radius 3 is 2.76 bits per heavy atom. The summed E-state index contributed by atoms with van der Waals surface area (Å²) in [6.45, 7) is 0. The molecule has 0 radical (unpaired) electrons. The molecule has 0 aromatic heterocycles. The molecule has 1 aliphatic heterocycles. The van der Waals surface area contributed by atoms with Crippen molar-refractivity contribution in [1.82, 2.24) is 0 Å². The summed E-state index contributed by atoms with van der Waals surface area (Å²) >= 11 is 5.86. The van der Waals surface area contributed by atoms with Gasteiger partial charge in [-0.3, -0.25) is 0 Å². The molecule has 17 heavy (non-hydrogen) atoms. The van der Waals surface area contributed by atoms with Gasteiger partial charge in [-0.15, -0.1) is 4.40 Å². The van der Waals surface area contributed by atoms with Crippen LogP contribution in [-0.4, -0.2) is 20.8 Å². The van der Waals surface area contributed by atoms with Crippen molar-refractivity contribution < 1.29 is 12.8 Å². The van der Waals surface area contributed by atoms with Crippen molar-refractivity contribution >= 4 is 33.7 Å². The van der Waals surface area contributed by atoms with E-state index in [0.29, 0.717) is 0 Å².